The van der Waals surface area contributed by atoms with Crippen LogP contribution in [-0.2, 0) is 0 Å². The summed E-state index contributed by atoms with van der Waals surface area (Å²) in [5.74, 6) is 1.39. The summed E-state index contributed by atoms with van der Waals surface area (Å²) < 4.78 is 5.68. The molecule has 0 spiro atoms. The van der Waals surface area contributed by atoms with Gasteiger partial charge in [-0.3, -0.25) is 0 Å². The fraction of sp³-hybridized carbons (Fsp3) is 0.0769. The molecule has 0 bridgehead atoms. The minimum Gasteiger partial charge on any atom is -0.456 e. The van der Waals surface area contributed by atoms with Gasteiger partial charge in [-0.15, -0.1) is 0 Å². The Morgan fingerprint density at radius 3 is 2.29 bits per heavy atom. The molecular weight excluding hydrogens is 274 g/mol. The second kappa shape index (κ2) is 5.73. The van der Waals surface area contributed by atoms with Crippen molar-refractivity contribution in [2.24, 2.45) is 0 Å². The molecule has 0 fully saturated rings. The molecule has 17 heavy (non-hydrogen) atoms. The van der Waals surface area contributed by atoms with Crippen molar-refractivity contribution < 1.29 is 4.74 Å². The third-order valence-corrected chi connectivity index (χ3v) is 3.71. The molecule has 0 aliphatic carbocycles. The Labute approximate surface area is 112 Å². The molecule has 0 radical (unpaired) electrons. The van der Waals surface area contributed by atoms with Crippen LogP contribution in [0.4, 0.5) is 0 Å². The number of halogens is 2. The van der Waals surface area contributed by atoms with Gasteiger partial charge in [0, 0.05) is 5.02 Å². The monoisotopic (exact) mass is 284 g/mol. The molecule has 0 aliphatic heterocycles. The number of hydrogen-bond acceptors (Lipinski definition) is 1. The van der Waals surface area contributed by atoms with Gasteiger partial charge in [-0.2, -0.15) is 0 Å². The van der Waals surface area contributed by atoms with E-state index >= 15 is 0 Å². The van der Waals surface area contributed by atoms with Gasteiger partial charge in [0.05, 0.1) is 5.02 Å². The Kier molecular flexibility index (Phi) is 4.28. The average molecular weight is 285 g/mol. The molecule has 2 aromatic carbocycles. The summed E-state index contributed by atoms with van der Waals surface area (Å²) in [6.07, 6.45) is 0. The topological polar surface area (TPSA) is 9.23 Å². The second-order valence-electron chi connectivity index (χ2n) is 3.45. The van der Waals surface area contributed by atoms with Gasteiger partial charge in [0.15, 0.2) is 0 Å². The van der Waals surface area contributed by atoms with Gasteiger partial charge >= 0.3 is 0 Å². The molecule has 2 aromatic rings. The fourth-order valence-corrected chi connectivity index (χ4v) is 2.32. The van der Waals surface area contributed by atoms with E-state index in [0.717, 1.165) is 14.3 Å². The first kappa shape index (κ1) is 12.7. The van der Waals surface area contributed by atoms with Crippen LogP contribution < -0.4 is 10.0 Å². The lowest BCUT2D eigenvalue weighted by Crippen LogP contribution is -1.92. The van der Waals surface area contributed by atoms with E-state index in [1.807, 2.05) is 12.1 Å². The highest BCUT2D eigenvalue weighted by Crippen LogP contribution is 2.31. The molecular formula is C13H11Cl2OP. The van der Waals surface area contributed by atoms with Gasteiger partial charge in [-0.1, -0.05) is 43.9 Å². The number of ether oxygens (including phenoxy) is 1. The van der Waals surface area contributed by atoms with Crippen LogP contribution in [0.25, 0.3) is 0 Å². The maximum atomic E-state index is 6.03. The van der Waals surface area contributed by atoms with Gasteiger partial charge in [0.1, 0.15) is 11.5 Å². The molecule has 0 saturated heterocycles. The van der Waals surface area contributed by atoms with Crippen LogP contribution in [0.2, 0.25) is 10.0 Å². The predicted molar refractivity (Wildman–Crippen MR) is 76.9 cm³/mol. The first-order valence-electron chi connectivity index (χ1n) is 5.10. The maximum absolute atomic E-state index is 6.03. The molecule has 0 heterocycles. The second-order valence-corrected chi connectivity index (χ2v) is 5.37. The Bertz CT molecular complexity index is 511. The van der Waals surface area contributed by atoms with Crippen LogP contribution in [0.3, 0.4) is 0 Å². The molecule has 0 aliphatic rings. The highest BCUT2D eigenvalue weighted by Gasteiger charge is 2.03. The van der Waals surface area contributed by atoms with E-state index in [1.54, 1.807) is 18.2 Å². The zero-order valence-electron chi connectivity index (χ0n) is 9.21. The molecule has 0 amide bonds. The zero-order chi connectivity index (χ0) is 12.3. The van der Waals surface area contributed by atoms with E-state index in [2.05, 4.69) is 18.8 Å². The Hall–Kier alpha value is -0.750. The normalized spacial score (nSPS) is 11.0. The van der Waals surface area contributed by atoms with Crippen LogP contribution in [-0.4, -0.2) is 6.66 Å². The van der Waals surface area contributed by atoms with E-state index in [4.69, 9.17) is 27.9 Å². The molecule has 0 N–H and O–H groups in total. The molecule has 1 nitrogen and oxygen atoms in total. The van der Waals surface area contributed by atoms with Gasteiger partial charge < -0.3 is 4.74 Å². The third-order valence-electron chi connectivity index (χ3n) is 2.26. The SMILES string of the molecule is CPc1ccc(Oc2ccc(Cl)cc2Cl)cc1. The van der Waals surface area contributed by atoms with Crippen LogP contribution >= 0.6 is 31.8 Å². The van der Waals surface area contributed by atoms with Gasteiger partial charge in [-0.05, 0) is 42.3 Å². The lowest BCUT2D eigenvalue weighted by molar-refractivity contribution is 0.483. The largest absolute Gasteiger partial charge is 0.456 e. The first-order chi connectivity index (χ1) is 8.19. The Balaban J connectivity index is 2.19. The summed E-state index contributed by atoms with van der Waals surface area (Å²) in [5, 5.41) is 2.42. The smallest absolute Gasteiger partial charge is 0.146 e. The summed E-state index contributed by atoms with van der Waals surface area (Å²) in [4.78, 5) is 0. The highest BCUT2D eigenvalue weighted by atomic mass is 35.5. The summed E-state index contributed by atoms with van der Waals surface area (Å²) in [7, 11) is 0.791. The quantitative estimate of drug-likeness (QED) is 0.741. The standard InChI is InChI=1S/C13H11Cl2OP/c1-17-11-5-3-10(4-6-11)16-13-7-2-9(14)8-12(13)15/h2-8,17H,1H3. The van der Waals surface area contributed by atoms with Crippen molar-refractivity contribution in [3.63, 3.8) is 0 Å². The van der Waals surface area contributed by atoms with Gasteiger partial charge in [-0.25, -0.2) is 0 Å². The summed E-state index contributed by atoms with van der Waals surface area (Å²) in [6.45, 7) is 2.14. The van der Waals surface area contributed by atoms with Crippen molar-refractivity contribution in [2.75, 3.05) is 6.66 Å². The minimum atomic E-state index is 0.513. The lowest BCUT2D eigenvalue weighted by Gasteiger charge is -2.08. The van der Waals surface area contributed by atoms with Crippen molar-refractivity contribution in [1.29, 1.82) is 0 Å². The van der Waals surface area contributed by atoms with Crippen molar-refractivity contribution in [3.05, 3.63) is 52.5 Å². The molecule has 1 unspecified atom stereocenters. The average Bonchev–Trinajstić information content (AvgIpc) is 2.34. The number of hydrogen-bond donors (Lipinski definition) is 0. The van der Waals surface area contributed by atoms with Crippen molar-refractivity contribution in [1.82, 2.24) is 0 Å². The third kappa shape index (κ3) is 3.35. The summed E-state index contributed by atoms with van der Waals surface area (Å²) in [5.41, 5.74) is 0. The van der Waals surface area contributed by atoms with Gasteiger partial charge in [0.2, 0.25) is 0 Å². The van der Waals surface area contributed by atoms with E-state index in [0.29, 0.717) is 15.8 Å². The number of rotatable bonds is 3. The van der Waals surface area contributed by atoms with Crippen molar-refractivity contribution in [2.45, 2.75) is 0 Å². The summed E-state index contributed by atoms with van der Waals surface area (Å²) >= 11 is 11.9. The summed E-state index contributed by atoms with van der Waals surface area (Å²) in [6, 6.07) is 13.2. The van der Waals surface area contributed by atoms with E-state index in [9.17, 15) is 0 Å². The molecule has 0 saturated carbocycles. The van der Waals surface area contributed by atoms with Crippen molar-refractivity contribution in [3.8, 4) is 11.5 Å². The molecule has 4 heteroatoms. The minimum absolute atomic E-state index is 0.513. The van der Waals surface area contributed by atoms with Crippen molar-refractivity contribution >= 4 is 37.1 Å². The first-order valence-corrected chi connectivity index (χ1v) is 7.35. The molecule has 88 valence electrons. The van der Waals surface area contributed by atoms with Crippen LogP contribution in [0.1, 0.15) is 0 Å². The van der Waals surface area contributed by atoms with E-state index in [-0.39, 0.29) is 0 Å². The lowest BCUT2D eigenvalue weighted by atomic mass is 10.3. The van der Waals surface area contributed by atoms with Gasteiger partial charge in [0.25, 0.3) is 0 Å². The molecule has 2 rings (SSSR count). The zero-order valence-corrected chi connectivity index (χ0v) is 11.7. The molecule has 0 aromatic heterocycles. The van der Waals surface area contributed by atoms with Crippen LogP contribution in [0.5, 0.6) is 11.5 Å². The number of benzene rings is 2. The Morgan fingerprint density at radius 1 is 1.00 bits per heavy atom. The molecule has 1 atom stereocenters. The predicted octanol–water partition coefficient (Wildman–Crippen LogP) is 4.72. The van der Waals surface area contributed by atoms with Crippen LogP contribution in [0, 0.1) is 0 Å². The maximum Gasteiger partial charge on any atom is 0.146 e. The fourth-order valence-electron chi connectivity index (χ4n) is 1.37. The van der Waals surface area contributed by atoms with E-state index in [1.165, 1.54) is 5.30 Å². The van der Waals surface area contributed by atoms with E-state index < -0.39 is 0 Å². The Morgan fingerprint density at radius 2 is 1.71 bits per heavy atom. The highest BCUT2D eigenvalue weighted by molar-refractivity contribution is 7.46. The van der Waals surface area contributed by atoms with Crippen LogP contribution in [0.15, 0.2) is 42.5 Å².